The Morgan fingerprint density at radius 3 is 2.17 bits per heavy atom. The fourth-order valence-corrected chi connectivity index (χ4v) is 0. The van der Waals surface area contributed by atoms with Crippen molar-refractivity contribution in [2.45, 2.75) is 13.7 Å². The van der Waals surface area contributed by atoms with Gasteiger partial charge < -0.3 is 0 Å². The van der Waals surface area contributed by atoms with Crippen LogP contribution >= 0.6 is 0 Å². The molecular weight excluding hydrogens is 72.1 g/mol. The maximum atomic E-state index is 7.01. The quantitative estimate of drug-likeness (QED) is 0.435. The van der Waals surface area contributed by atoms with Crippen LogP contribution in [0.5, 0.6) is 0 Å². The second-order valence-corrected chi connectivity index (χ2v) is 0.750. The maximum absolute atomic E-state index is 7.01. The SMILES string of the molecule is [2H]C([2H])=C(C(=C([2H])[2H])C([2H])([2H])[2H])C([2H])([2H])[2H]. The second kappa shape index (κ2) is 1.81. The number of hydrogen-bond acceptors (Lipinski definition) is 0. The molecule has 0 atom stereocenters. The lowest BCUT2D eigenvalue weighted by Crippen LogP contribution is -1.67. The predicted octanol–water partition coefficient (Wildman–Crippen LogP) is 2.14. The van der Waals surface area contributed by atoms with Gasteiger partial charge in [0.1, 0.15) is 0 Å². The van der Waals surface area contributed by atoms with Crippen molar-refractivity contribution in [1.29, 1.82) is 0 Å². The van der Waals surface area contributed by atoms with E-state index in [0.29, 0.717) is 0 Å². The van der Waals surface area contributed by atoms with Crippen LogP contribution in [0.1, 0.15) is 27.4 Å². The van der Waals surface area contributed by atoms with Gasteiger partial charge in [-0.15, -0.1) is 0 Å². The summed E-state index contributed by atoms with van der Waals surface area (Å²) in [6.07, 6.45) is 0. The van der Waals surface area contributed by atoms with E-state index in [0.717, 1.165) is 0 Å². The van der Waals surface area contributed by atoms with Crippen molar-refractivity contribution in [3.8, 4) is 0 Å². The number of allylic oxidation sites excluding steroid dienone is 2. The van der Waals surface area contributed by atoms with Crippen LogP contribution in [0.15, 0.2) is 24.2 Å². The Bertz CT molecular complexity index is 284. The van der Waals surface area contributed by atoms with Crippen LogP contribution in [0.3, 0.4) is 0 Å². The molecule has 0 bridgehead atoms. The van der Waals surface area contributed by atoms with Crippen molar-refractivity contribution in [3.63, 3.8) is 0 Å². The van der Waals surface area contributed by atoms with Crippen molar-refractivity contribution in [2.24, 2.45) is 0 Å². The zero-order chi connectivity index (χ0) is 13.3. The minimum absolute atomic E-state index is 1.08. The van der Waals surface area contributed by atoms with E-state index in [1.807, 2.05) is 0 Å². The third-order valence-corrected chi connectivity index (χ3v) is 0.250. The van der Waals surface area contributed by atoms with Gasteiger partial charge in [0.05, 0.1) is 5.48 Å². The minimum Gasteiger partial charge on any atom is -0.0959 e. The lowest BCUT2D eigenvalue weighted by atomic mass is 10.2. The van der Waals surface area contributed by atoms with Gasteiger partial charge >= 0.3 is 0 Å². The van der Waals surface area contributed by atoms with Gasteiger partial charge in [0, 0.05) is 8.22 Å². The summed E-state index contributed by atoms with van der Waals surface area (Å²) in [5.41, 5.74) is -2.15. The molecule has 0 nitrogen and oxygen atoms in total. The van der Waals surface area contributed by atoms with E-state index in [1.165, 1.54) is 0 Å². The average Bonchev–Trinajstić information content (AvgIpc) is 1.92. The molecule has 0 aromatic rings. The molecular formula is C6H10. The Morgan fingerprint density at radius 2 is 2.00 bits per heavy atom. The monoisotopic (exact) mass is 92.1 g/mol. The fraction of sp³-hybridized carbons (Fsp3) is 0.333. The molecule has 34 valence electrons. The first-order chi connectivity index (χ1) is 6.89. The van der Waals surface area contributed by atoms with E-state index in [2.05, 4.69) is 0 Å². The van der Waals surface area contributed by atoms with Gasteiger partial charge in [-0.2, -0.15) is 0 Å². The second-order valence-electron chi connectivity index (χ2n) is 0.750. The van der Waals surface area contributed by atoms with E-state index in [1.54, 1.807) is 0 Å². The first kappa shape index (κ1) is 0.525. The van der Waals surface area contributed by atoms with Crippen LogP contribution < -0.4 is 0 Å². The van der Waals surface area contributed by atoms with Gasteiger partial charge in [-0.25, -0.2) is 0 Å². The molecule has 0 saturated carbocycles. The lowest BCUT2D eigenvalue weighted by molar-refractivity contribution is 1.39. The van der Waals surface area contributed by atoms with Crippen molar-refractivity contribution < 1.29 is 13.7 Å². The third kappa shape index (κ3) is 1.77. The van der Waals surface area contributed by atoms with E-state index in [-0.39, 0.29) is 0 Å². The minimum atomic E-state index is -3.00. The van der Waals surface area contributed by atoms with Crippen LogP contribution in [0, 0.1) is 0 Å². The molecule has 0 spiro atoms. The highest BCUT2D eigenvalue weighted by molar-refractivity contribution is 5.19. The Hall–Kier alpha value is -0.520. The fourth-order valence-electron chi connectivity index (χ4n) is 0. The molecule has 0 fully saturated rings. The zero-order valence-electron chi connectivity index (χ0n) is 13.0. The van der Waals surface area contributed by atoms with Crippen molar-refractivity contribution in [3.05, 3.63) is 24.2 Å². The molecule has 0 aromatic heterocycles. The smallest absolute Gasteiger partial charge is 0.0541 e. The summed E-state index contributed by atoms with van der Waals surface area (Å²) in [4.78, 5) is 0. The molecule has 0 amide bonds. The highest BCUT2D eigenvalue weighted by Gasteiger charge is 1.77. The Labute approximate surface area is 53.2 Å². The summed E-state index contributed by atoms with van der Waals surface area (Å²) in [7, 11) is 0. The summed E-state index contributed by atoms with van der Waals surface area (Å²) in [6, 6.07) is 0. The molecule has 0 aromatic carbocycles. The van der Waals surface area contributed by atoms with Crippen LogP contribution in [-0.4, -0.2) is 0 Å². The highest BCUT2D eigenvalue weighted by Crippen LogP contribution is 1.98. The van der Waals surface area contributed by atoms with Crippen LogP contribution in [0.4, 0.5) is 0 Å². The molecule has 0 unspecified atom stereocenters. The Kier molecular flexibility index (Phi) is 0.158. The zero-order valence-corrected chi connectivity index (χ0v) is 3.00. The van der Waals surface area contributed by atoms with E-state index >= 15 is 0 Å². The van der Waals surface area contributed by atoms with Gasteiger partial charge in [-0.3, -0.25) is 0 Å². The van der Waals surface area contributed by atoms with Gasteiger partial charge in [-0.05, 0) is 13.7 Å². The average molecular weight is 92.2 g/mol. The van der Waals surface area contributed by atoms with Gasteiger partial charge in [0.2, 0.25) is 0 Å². The molecule has 0 aliphatic heterocycles. The topological polar surface area (TPSA) is 0 Å². The summed E-state index contributed by atoms with van der Waals surface area (Å²) >= 11 is 0. The van der Waals surface area contributed by atoms with E-state index < -0.39 is 37.9 Å². The Balaban J connectivity index is 5.95. The van der Waals surface area contributed by atoms with E-state index in [4.69, 9.17) is 13.7 Å². The van der Waals surface area contributed by atoms with Crippen LogP contribution in [-0.2, 0) is 0 Å². The predicted molar refractivity (Wildman–Crippen MR) is 29.6 cm³/mol. The first-order valence-electron chi connectivity index (χ1n) is 6.25. The lowest BCUT2D eigenvalue weighted by Gasteiger charge is -1.88. The van der Waals surface area contributed by atoms with Crippen LogP contribution in [0.25, 0.3) is 0 Å². The number of rotatable bonds is 1. The maximum Gasteiger partial charge on any atom is 0.0541 e. The molecule has 6 heavy (non-hydrogen) atoms. The van der Waals surface area contributed by atoms with Gasteiger partial charge in [0.25, 0.3) is 0 Å². The standard InChI is InChI=1S/C6H10/c1-5(2)6(3)4/h1,3H2,2,4H3/i1D2,2D3,3D2,4D3. The molecule has 0 aliphatic carbocycles. The van der Waals surface area contributed by atoms with Crippen molar-refractivity contribution >= 4 is 0 Å². The third-order valence-electron chi connectivity index (χ3n) is 0.250. The Morgan fingerprint density at radius 1 is 1.50 bits per heavy atom. The van der Waals surface area contributed by atoms with Crippen molar-refractivity contribution in [1.82, 2.24) is 0 Å². The molecule has 0 heteroatoms. The summed E-state index contributed by atoms with van der Waals surface area (Å²) in [5.74, 6) is 0. The van der Waals surface area contributed by atoms with Crippen LogP contribution in [0.2, 0.25) is 0 Å². The van der Waals surface area contributed by atoms with E-state index in [9.17, 15) is 0 Å². The normalized spacial score (nSPS) is 34.7. The molecule has 0 aliphatic rings. The summed E-state index contributed by atoms with van der Waals surface area (Å²) < 4.78 is 69.8. The largest absolute Gasteiger partial charge is 0.0959 e. The molecule has 0 rings (SSSR count). The first-order valence-corrected chi connectivity index (χ1v) is 1.25. The van der Waals surface area contributed by atoms with Gasteiger partial charge in [-0.1, -0.05) is 24.2 Å². The molecule has 0 radical (unpaired) electrons. The highest BCUT2D eigenvalue weighted by atomic mass is 13.8. The number of hydrogen-bond donors (Lipinski definition) is 0. The molecule has 0 saturated heterocycles. The molecule has 0 heterocycles. The summed E-state index contributed by atoms with van der Waals surface area (Å²) in [5, 5.41) is 0. The summed E-state index contributed by atoms with van der Waals surface area (Å²) in [6.45, 7) is -8.45. The van der Waals surface area contributed by atoms with Crippen molar-refractivity contribution in [2.75, 3.05) is 0 Å². The molecule has 0 N–H and O–H groups in total. The van der Waals surface area contributed by atoms with Gasteiger partial charge in [0.15, 0.2) is 0 Å².